The molecule has 1 fully saturated rings. The number of imidazole rings is 1. The Labute approximate surface area is 161 Å². The van der Waals surface area contributed by atoms with E-state index in [0.717, 1.165) is 43.3 Å². The Kier molecular flexibility index (Phi) is 5.58. The highest BCUT2D eigenvalue weighted by atomic mass is 15.2. The molecule has 27 heavy (non-hydrogen) atoms. The van der Waals surface area contributed by atoms with E-state index in [0.29, 0.717) is 5.92 Å². The molecule has 1 aliphatic rings. The van der Waals surface area contributed by atoms with Crippen LogP contribution >= 0.6 is 0 Å². The fraction of sp³-hybridized carbons (Fsp3) is 0.409. The van der Waals surface area contributed by atoms with E-state index in [-0.39, 0.29) is 0 Å². The van der Waals surface area contributed by atoms with Gasteiger partial charge in [0.1, 0.15) is 5.82 Å². The van der Waals surface area contributed by atoms with Crippen molar-refractivity contribution in [2.24, 2.45) is 0 Å². The van der Waals surface area contributed by atoms with Crippen LogP contribution in [0.5, 0.6) is 0 Å². The number of rotatable bonds is 6. The first-order valence-electron chi connectivity index (χ1n) is 9.95. The van der Waals surface area contributed by atoms with E-state index >= 15 is 0 Å². The van der Waals surface area contributed by atoms with Gasteiger partial charge in [0.25, 0.3) is 0 Å². The second kappa shape index (κ2) is 8.44. The molecule has 140 valence electrons. The van der Waals surface area contributed by atoms with Crippen molar-refractivity contribution in [2.45, 2.75) is 38.5 Å². The summed E-state index contributed by atoms with van der Waals surface area (Å²) in [4.78, 5) is 16.5. The minimum absolute atomic E-state index is 0.422. The number of likely N-dealkylation sites (tertiary alicyclic amines) is 1. The van der Waals surface area contributed by atoms with Crippen molar-refractivity contribution < 1.29 is 0 Å². The third-order valence-electron chi connectivity index (χ3n) is 5.42. The molecule has 0 unspecified atom stereocenters. The van der Waals surface area contributed by atoms with Crippen molar-refractivity contribution in [3.63, 3.8) is 0 Å². The SMILES string of the molecule is CCc1nccn1-c1nccnc1[C@@H]1CCCN(CCc2ccccc2)C1. The summed E-state index contributed by atoms with van der Waals surface area (Å²) in [5.74, 6) is 2.40. The maximum Gasteiger partial charge on any atom is 0.160 e. The molecule has 5 nitrogen and oxygen atoms in total. The fourth-order valence-corrected chi connectivity index (χ4v) is 4.02. The molecule has 0 bridgehead atoms. The van der Waals surface area contributed by atoms with E-state index in [9.17, 15) is 0 Å². The lowest BCUT2D eigenvalue weighted by atomic mass is 9.94. The number of hydrogen-bond donors (Lipinski definition) is 0. The second-order valence-electron chi connectivity index (χ2n) is 7.21. The predicted octanol–water partition coefficient (Wildman–Crippen LogP) is 3.65. The van der Waals surface area contributed by atoms with E-state index in [1.807, 2.05) is 18.6 Å². The number of aryl methyl sites for hydroxylation is 1. The smallest absolute Gasteiger partial charge is 0.160 e. The molecule has 0 amide bonds. The summed E-state index contributed by atoms with van der Waals surface area (Å²) < 4.78 is 2.10. The van der Waals surface area contributed by atoms with Gasteiger partial charge in [0, 0.05) is 50.2 Å². The number of hydrogen-bond acceptors (Lipinski definition) is 4. The van der Waals surface area contributed by atoms with Crippen LogP contribution in [0.1, 0.15) is 42.8 Å². The Morgan fingerprint density at radius 3 is 2.74 bits per heavy atom. The first-order chi connectivity index (χ1) is 13.3. The van der Waals surface area contributed by atoms with Crippen LogP contribution in [0.25, 0.3) is 5.82 Å². The molecule has 0 aliphatic carbocycles. The van der Waals surface area contributed by atoms with Gasteiger partial charge in [-0.05, 0) is 31.4 Å². The summed E-state index contributed by atoms with van der Waals surface area (Å²) in [5.41, 5.74) is 2.51. The minimum Gasteiger partial charge on any atom is -0.302 e. The molecule has 1 aromatic carbocycles. The number of nitrogens with zero attached hydrogens (tertiary/aromatic N) is 5. The average Bonchev–Trinajstić information content (AvgIpc) is 3.22. The molecule has 1 aliphatic heterocycles. The zero-order chi connectivity index (χ0) is 18.5. The lowest BCUT2D eigenvalue weighted by molar-refractivity contribution is 0.208. The van der Waals surface area contributed by atoms with Crippen LogP contribution in [0.4, 0.5) is 0 Å². The van der Waals surface area contributed by atoms with Gasteiger partial charge in [-0.1, -0.05) is 37.3 Å². The van der Waals surface area contributed by atoms with Crippen LogP contribution in [0.3, 0.4) is 0 Å². The van der Waals surface area contributed by atoms with E-state index in [4.69, 9.17) is 4.98 Å². The van der Waals surface area contributed by atoms with Gasteiger partial charge in [-0.2, -0.15) is 0 Å². The van der Waals surface area contributed by atoms with Crippen LogP contribution in [0.15, 0.2) is 55.1 Å². The Balaban J connectivity index is 1.50. The minimum atomic E-state index is 0.422. The lowest BCUT2D eigenvalue weighted by Gasteiger charge is -2.33. The van der Waals surface area contributed by atoms with Gasteiger partial charge in [-0.3, -0.25) is 9.55 Å². The predicted molar refractivity (Wildman–Crippen MR) is 107 cm³/mol. The molecule has 5 heteroatoms. The van der Waals surface area contributed by atoms with Crippen LogP contribution in [0.2, 0.25) is 0 Å². The van der Waals surface area contributed by atoms with Gasteiger partial charge in [-0.15, -0.1) is 0 Å². The molecule has 4 rings (SSSR count). The molecule has 0 N–H and O–H groups in total. The van der Waals surface area contributed by atoms with E-state index < -0.39 is 0 Å². The van der Waals surface area contributed by atoms with Crippen LogP contribution in [-0.2, 0) is 12.8 Å². The third-order valence-corrected chi connectivity index (χ3v) is 5.42. The van der Waals surface area contributed by atoms with Crippen molar-refractivity contribution in [1.82, 2.24) is 24.4 Å². The van der Waals surface area contributed by atoms with Gasteiger partial charge < -0.3 is 4.90 Å². The molecule has 1 atom stereocenters. The van der Waals surface area contributed by atoms with Gasteiger partial charge in [0.2, 0.25) is 0 Å². The molecule has 0 saturated carbocycles. The van der Waals surface area contributed by atoms with Crippen LogP contribution in [-0.4, -0.2) is 44.1 Å². The quantitative estimate of drug-likeness (QED) is 0.672. The zero-order valence-corrected chi connectivity index (χ0v) is 16.0. The van der Waals surface area contributed by atoms with E-state index in [1.54, 1.807) is 6.20 Å². The maximum atomic E-state index is 4.75. The van der Waals surface area contributed by atoms with Crippen LogP contribution in [0, 0.1) is 0 Å². The summed E-state index contributed by atoms with van der Waals surface area (Å²) in [6, 6.07) is 10.8. The van der Waals surface area contributed by atoms with Crippen molar-refractivity contribution >= 4 is 0 Å². The Morgan fingerprint density at radius 2 is 1.89 bits per heavy atom. The second-order valence-corrected chi connectivity index (χ2v) is 7.21. The molecule has 1 saturated heterocycles. The number of aromatic nitrogens is 4. The summed E-state index contributed by atoms with van der Waals surface area (Å²) in [6.45, 7) is 5.45. The largest absolute Gasteiger partial charge is 0.302 e. The fourth-order valence-electron chi connectivity index (χ4n) is 4.02. The first kappa shape index (κ1) is 17.9. The normalized spacial score (nSPS) is 17.9. The van der Waals surface area contributed by atoms with Crippen LogP contribution < -0.4 is 0 Å². The van der Waals surface area contributed by atoms with E-state index in [2.05, 4.69) is 56.7 Å². The summed E-state index contributed by atoms with van der Waals surface area (Å²) in [7, 11) is 0. The Hall–Kier alpha value is -2.53. The average molecular weight is 361 g/mol. The monoisotopic (exact) mass is 361 g/mol. The van der Waals surface area contributed by atoms with Crippen molar-refractivity contribution in [3.05, 3.63) is 72.2 Å². The Morgan fingerprint density at radius 1 is 1.04 bits per heavy atom. The number of benzene rings is 1. The van der Waals surface area contributed by atoms with Crippen molar-refractivity contribution in [2.75, 3.05) is 19.6 Å². The maximum absolute atomic E-state index is 4.75. The molecule has 0 spiro atoms. The molecule has 3 aromatic rings. The van der Waals surface area contributed by atoms with Gasteiger partial charge in [-0.25, -0.2) is 9.97 Å². The summed E-state index contributed by atoms with van der Waals surface area (Å²) in [6.07, 6.45) is 11.8. The molecular formula is C22H27N5. The van der Waals surface area contributed by atoms with Crippen molar-refractivity contribution in [1.29, 1.82) is 0 Å². The Bertz CT molecular complexity index is 858. The first-order valence-corrected chi connectivity index (χ1v) is 9.95. The van der Waals surface area contributed by atoms with E-state index in [1.165, 1.54) is 24.9 Å². The lowest BCUT2D eigenvalue weighted by Crippen LogP contribution is -2.36. The zero-order valence-electron chi connectivity index (χ0n) is 16.0. The molecular weight excluding hydrogens is 334 g/mol. The molecule has 3 heterocycles. The standard InChI is InChI=1S/C22H27N5/c1-2-20-23-13-16-27(20)22-21(24-11-12-25-22)19-9-6-14-26(17-19)15-10-18-7-4-3-5-8-18/h3-5,7-8,11-13,16,19H,2,6,9-10,14-15,17H2,1H3/t19-/m1/s1. The third kappa shape index (κ3) is 4.08. The highest BCUT2D eigenvalue weighted by Gasteiger charge is 2.25. The molecule has 2 aromatic heterocycles. The van der Waals surface area contributed by atoms with Gasteiger partial charge in [0.05, 0.1) is 5.69 Å². The summed E-state index contributed by atoms with van der Waals surface area (Å²) in [5, 5.41) is 0. The highest BCUT2D eigenvalue weighted by molar-refractivity contribution is 5.33. The number of piperidine rings is 1. The summed E-state index contributed by atoms with van der Waals surface area (Å²) >= 11 is 0. The molecule has 0 radical (unpaired) electrons. The van der Waals surface area contributed by atoms with Gasteiger partial charge >= 0.3 is 0 Å². The highest BCUT2D eigenvalue weighted by Crippen LogP contribution is 2.29. The van der Waals surface area contributed by atoms with Gasteiger partial charge in [0.15, 0.2) is 5.82 Å². The van der Waals surface area contributed by atoms with Crippen molar-refractivity contribution in [3.8, 4) is 5.82 Å². The topological polar surface area (TPSA) is 46.8 Å².